The topological polar surface area (TPSA) is 65.0 Å². The maximum absolute atomic E-state index is 9.60. The molecule has 0 aromatic carbocycles. The van der Waals surface area contributed by atoms with Gasteiger partial charge in [-0.25, -0.2) is 4.79 Å². The summed E-state index contributed by atoms with van der Waals surface area (Å²) in [5, 5.41) is 7.89. The van der Waals surface area contributed by atoms with Crippen molar-refractivity contribution in [3.8, 4) is 0 Å². The molecular formula is C7H15O5Si. The van der Waals surface area contributed by atoms with Crippen LogP contribution >= 0.6 is 0 Å². The third kappa shape index (κ3) is 11.3. The Labute approximate surface area is 79.9 Å². The second-order valence-corrected chi connectivity index (χ2v) is 3.67. The predicted octanol–water partition coefficient (Wildman–Crippen LogP) is 0.558. The van der Waals surface area contributed by atoms with Crippen molar-refractivity contribution in [2.45, 2.75) is 6.92 Å². The normalized spacial score (nSPS) is 9.00. The van der Waals surface area contributed by atoms with E-state index in [1.807, 2.05) is 0 Å². The van der Waals surface area contributed by atoms with Gasteiger partial charge in [-0.3, -0.25) is 0 Å². The van der Waals surface area contributed by atoms with Crippen LogP contribution in [0.25, 0.3) is 0 Å². The molecule has 0 aliphatic carbocycles. The number of rotatable bonds is 4. The van der Waals surface area contributed by atoms with Crippen LogP contribution in [0.1, 0.15) is 6.92 Å². The molecule has 1 N–H and O–H groups in total. The second kappa shape index (κ2) is 9.40. The minimum absolute atomic E-state index is 0.176. The summed E-state index contributed by atoms with van der Waals surface area (Å²) in [5.74, 6) is -0.935. The molecule has 0 rings (SSSR count). The molecule has 0 aromatic rings. The molecule has 0 unspecified atom stereocenters. The zero-order valence-corrected chi connectivity index (χ0v) is 9.29. The summed E-state index contributed by atoms with van der Waals surface area (Å²) in [7, 11) is 3.31. The van der Waals surface area contributed by atoms with Gasteiger partial charge in [0, 0.05) is 26.9 Å². The first kappa shape index (κ1) is 14.8. The van der Waals surface area contributed by atoms with Crippen LogP contribution < -0.4 is 0 Å². The van der Waals surface area contributed by atoms with Crippen LogP contribution in [0.3, 0.4) is 0 Å². The van der Waals surface area contributed by atoms with E-state index in [9.17, 15) is 4.79 Å². The molecule has 6 heteroatoms. The summed E-state index contributed by atoms with van der Waals surface area (Å²) in [5.41, 5.74) is 0.176. The van der Waals surface area contributed by atoms with Crippen LogP contribution in [0.5, 0.6) is 0 Å². The van der Waals surface area contributed by atoms with E-state index in [0.717, 1.165) is 0 Å². The molecular weight excluding hydrogens is 192 g/mol. The third-order valence-electron chi connectivity index (χ3n) is 0.865. The molecule has 0 amide bonds. The number of hydrogen-bond acceptors (Lipinski definition) is 4. The van der Waals surface area contributed by atoms with Crippen molar-refractivity contribution < 1.29 is 23.2 Å². The molecule has 0 heterocycles. The van der Waals surface area contributed by atoms with E-state index >= 15 is 0 Å². The van der Waals surface area contributed by atoms with Crippen molar-refractivity contribution in [3.05, 3.63) is 12.2 Å². The summed E-state index contributed by atoms with van der Waals surface area (Å²) < 4.78 is 14.1. The molecule has 1 radical (unpaired) electrons. The smallest absolute Gasteiger partial charge is 0.478 e. The molecule has 13 heavy (non-hydrogen) atoms. The Morgan fingerprint density at radius 2 is 1.46 bits per heavy atom. The highest BCUT2D eigenvalue weighted by molar-refractivity contribution is 6.36. The Kier molecular flexibility index (Phi) is 10.7. The molecule has 0 aromatic heterocycles. The first-order chi connectivity index (χ1) is 5.99. The Bertz CT molecular complexity index is 137. The highest BCUT2D eigenvalue weighted by Gasteiger charge is 2.09. The molecule has 5 nitrogen and oxygen atoms in total. The average Bonchev–Trinajstić information content (AvgIpc) is 2.08. The monoisotopic (exact) mass is 207 g/mol. The van der Waals surface area contributed by atoms with Crippen LogP contribution in [0.15, 0.2) is 12.2 Å². The van der Waals surface area contributed by atoms with Crippen molar-refractivity contribution in [2.24, 2.45) is 0 Å². The second-order valence-electron chi connectivity index (χ2n) is 1.95. The minimum Gasteiger partial charge on any atom is -0.478 e. The van der Waals surface area contributed by atoms with E-state index < -0.39 is 15.5 Å². The fourth-order valence-corrected chi connectivity index (χ4v) is 0.750. The number of carbonyl (C=O) groups is 1. The van der Waals surface area contributed by atoms with Gasteiger partial charge >= 0.3 is 15.5 Å². The summed E-state index contributed by atoms with van der Waals surface area (Å²) >= 11 is 0. The van der Waals surface area contributed by atoms with Crippen molar-refractivity contribution >= 4 is 15.5 Å². The molecule has 0 saturated heterocycles. The van der Waals surface area contributed by atoms with Gasteiger partial charge in [0.2, 0.25) is 0 Å². The maximum Gasteiger partial charge on any atom is 0.576 e. The fraction of sp³-hybridized carbons (Fsp3) is 0.571. The Morgan fingerprint density at radius 3 is 1.46 bits per heavy atom. The Hall–Kier alpha value is -0.693. The van der Waals surface area contributed by atoms with Crippen LogP contribution in [-0.2, 0) is 18.1 Å². The lowest BCUT2D eigenvalue weighted by molar-refractivity contribution is -0.132. The first-order valence-electron chi connectivity index (χ1n) is 3.37. The van der Waals surface area contributed by atoms with E-state index in [2.05, 4.69) is 6.58 Å². The van der Waals surface area contributed by atoms with Crippen LogP contribution in [0.2, 0.25) is 0 Å². The Morgan fingerprint density at radius 1 is 1.23 bits per heavy atom. The molecule has 77 valence electrons. The van der Waals surface area contributed by atoms with Crippen LogP contribution in [0.4, 0.5) is 0 Å². The molecule has 0 aliphatic rings. The fourth-order valence-electron chi connectivity index (χ4n) is 0.250. The maximum atomic E-state index is 9.60. The average molecular weight is 207 g/mol. The van der Waals surface area contributed by atoms with Gasteiger partial charge in [0.1, 0.15) is 0 Å². The van der Waals surface area contributed by atoms with Crippen molar-refractivity contribution in [1.29, 1.82) is 0 Å². The van der Waals surface area contributed by atoms with E-state index in [0.29, 0.717) is 0 Å². The third-order valence-corrected chi connectivity index (χ3v) is 1.87. The van der Waals surface area contributed by atoms with Crippen LogP contribution in [-0.4, -0.2) is 41.9 Å². The molecule has 0 saturated carbocycles. The SMILES string of the molecule is C=C(C)C(=O)O.CO[Si](OC)OC. The van der Waals surface area contributed by atoms with E-state index in [1.54, 1.807) is 21.3 Å². The number of hydrogen-bond donors (Lipinski definition) is 1. The quantitative estimate of drug-likeness (QED) is 0.539. The zero-order valence-electron chi connectivity index (χ0n) is 8.29. The van der Waals surface area contributed by atoms with E-state index in [4.69, 9.17) is 18.4 Å². The van der Waals surface area contributed by atoms with E-state index in [-0.39, 0.29) is 5.57 Å². The first-order valence-corrected chi connectivity index (χ1v) is 4.59. The highest BCUT2D eigenvalue weighted by Crippen LogP contribution is 1.81. The molecule has 0 bridgehead atoms. The van der Waals surface area contributed by atoms with Gasteiger partial charge in [0.15, 0.2) is 0 Å². The van der Waals surface area contributed by atoms with Crippen molar-refractivity contribution in [2.75, 3.05) is 21.3 Å². The molecule has 0 aliphatic heterocycles. The summed E-state index contributed by atoms with van der Waals surface area (Å²) in [4.78, 5) is 9.60. The van der Waals surface area contributed by atoms with Crippen molar-refractivity contribution in [1.82, 2.24) is 0 Å². The van der Waals surface area contributed by atoms with Crippen LogP contribution in [0, 0.1) is 0 Å². The number of aliphatic carboxylic acids is 1. The molecule has 0 spiro atoms. The van der Waals surface area contributed by atoms with E-state index in [1.165, 1.54) is 6.92 Å². The molecule has 0 atom stereocenters. The van der Waals surface area contributed by atoms with Gasteiger partial charge in [-0.05, 0) is 6.92 Å². The summed E-state index contributed by atoms with van der Waals surface area (Å²) in [6.07, 6.45) is 0. The number of carboxylic acids is 1. The highest BCUT2D eigenvalue weighted by atomic mass is 28.3. The van der Waals surface area contributed by atoms with Gasteiger partial charge < -0.3 is 18.4 Å². The lowest BCUT2D eigenvalue weighted by Gasteiger charge is -2.02. The lowest BCUT2D eigenvalue weighted by Crippen LogP contribution is -2.21. The van der Waals surface area contributed by atoms with Gasteiger partial charge in [0.25, 0.3) is 0 Å². The zero-order chi connectivity index (χ0) is 10.9. The molecule has 0 fully saturated rings. The van der Waals surface area contributed by atoms with Crippen molar-refractivity contribution in [3.63, 3.8) is 0 Å². The Balaban J connectivity index is 0. The lowest BCUT2D eigenvalue weighted by atomic mass is 10.4. The summed E-state index contributed by atoms with van der Waals surface area (Å²) in [6, 6.07) is 0. The standard InChI is InChI=1S/C4H6O2.C3H9O3Si/c1-3(2)4(5)6;1-4-7(5-2)6-3/h1H2,2H3,(H,5,6);1-3H3. The largest absolute Gasteiger partial charge is 0.576 e. The number of carboxylic acid groups (broad SMARTS) is 1. The van der Waals surface area contributed by atoms with Gasteiger partial charge in [-0.1, -0.05) is 6.58 Å². The minimum atomic E-state index is -1.36. The summed E-state index contributed by atoms with van der Waals surface area (Å²) in [6.45, 7) is 4.60. The van der Waals surface area contributed by atoms with Gasteiger partial charge in [-0.2, -0.15) is 0 Å². The predicted molar refractivity (Wildman–Crippen MR) is 49.2 cm³/mol. The van der Waals surface area contributed by atoms with Gasteiger partial charge in [-0.15, -0.1) is 0 Å². The van der Waals surface area contributed by atoms with Gasteiger partial charge in [0.05, 0.1) is 0 Å².